The van der Waals surface area contributed by atoms with Crippen molar-refractivity contribution in [2.75, 3.05) is 27.3 Å². The van der Waals surface area contributed by atoms with Crippen molar-refractivity contribution < 1.29 is 14.3 Å². The quantitative estimate of drug-likeness (QED) is 0.706. The van der Waals surface area contributed by atoms with E-state index in [1.165, 1.54) is 0 Å². The number of rotatable bonds is 6. The highest BCUT2D eigenvalue weighted by Gasteiger charge is 2.07. The van der Waals surface area contributed by atoms with Crippen LogP contribution in [-0.2, 0) is 16.1 Å². The summed E-state index contributed by atoms with van der Waals surface area (Å²) in [5, 5.41) is 0. The molecule has 0 radical (unpaired) electrons. The summed E-state index contributed by atoms with van der Waals surface area (Å²) in [5.41, 5.74) is 1.14. The van der Waals surface area contributed by atoms with Crippen molar-refractivity contribution in [3.63, 3.8) is 0 Å². The molecule has 0 spiro atoms. The number of carbonyl (C=O) groups excluding carboxylic acids is 1. The minimum absolute atomic E-state index is 0.191. The summed E-state index contributed by atoms with van der Waals surface area (Å²) >= 11 is 0. The van der Waals surface area contributed by atoms with Gasteiger partial charge in [0.1, 0.15) is 5.75 Å². The molecule has 0 aromatic heterocycles. The van der Waals surface area contributed by atoms with Crippen LogP contribution in [0, 0.1) is 0 Å². The third kappa shape index (κ3) is 4.87. The first kappa shape index (κ1) is 13.5. The fourth-order valence-electron chi connectivity index (χ4n) is 1.53. The van der Waals surface area contributed by atoms with Gasteiger partial charge in [-0.05, 0) is 31.7 Å². The highest BCUT2D eigenvalue weighted by atomic mass is 16.5. The predicted molar refractivity (Wildman–Crippen MR) is 66.0 cm³/mol. The summed E-state index contributed by atoms with van der Waals surface area (Å²) in [4.78, 5) is 13.2. The van der Waals surface area contributed by atoms with Gasteiger partial charge in [0, 0.05) is 6.54 Å². The third-order valence-corrected chi connectivity index (χ3v) is 2.32. The Bertz CT molecular complexity index is 348. The minimum atomic E-state index is -0.191. The number of hydrogen-bond donors (Lipinski definition) is 0. The molecule has 0 N–H and O–H groups in total. The number of nitrogens with zero attached hydrogens (tertiary/aromatic N) is 1. The fraction of sp³-hybridized carbons (Fsp3) is 0.462. The molecule has 0 aliphatic carbocycles. The van der Waals surface area contributed by atoms with Gasteiger partial charge in [-0.25, -0.2) is 0 Å². The molecule has 0 fully saturated rings. The molecule has 1 rings (SSSR count). The second-order valence-corrected chi connectivity index (χ2v) is 3.83. The van der Waals surface area contributed by atoms with Gasteiger partial charge in [0.2, 0.25) is 0 Å². The van der Waals surface area contributed by atoms with Crippen LogP contribution in [0.3, 0.4) is 0 Å². The van der Waals surface area contributed by atoms with Gasteiger partial charge in [-0.1, -0.05) is 12.1 Å². The lowest BCUT2D eigenvalue weighted by atomic mass is 10.2. The molecule has 94 valence electrons. The van der Waals surface area contributed by atoms with Gasteiger partial charge in [0.25, 0.3) is 0 Å². The van der Waals surface area contributed by atoms with Crippen LogP contribution >= 0.6 is 0 Å². The van der Waals surface area contributed by atoms with Gasteiger partial charge in [0.15, 0.2) is 0 Å². The summed E-state index contributed by atoms with van der Waals surface area (Å²) in [7, 11) is 3.53. The Morgan fingerprint density at radius 3 is 2.47 bits per heavy atom. The van der Waals surface area contributed by atoms with Crippen LogP contribution in [0.15, 0.2) is 24.3 Å². The average molecular weight is 237 g/mol. The van der Waals surface area contributed by atoms with Crippen molar-refractivity contribution in [1.82, 2.24) is 4.90 Å². The van der Waals surface area contributed by atoms with E-state index in [9.17, 15) is 4.79 Å². The van der Waals surface area contributed by atoms with E-state index >= 15 is 0 Å². The molecule has 0 amide bonds. The highest BCUT2D eigenvalue weighted by Crippen LogP contribution is 2.12. The van der Waals surface area contributed by atoms with E-state index in [1.54, 1.807) is 14.0 Å². The Labute approximate surface area is 102 Å². The van der Waals surface area contributed by atoms with Crippen molar-refractivity contribution in [3.05, 3.63) is 29.8 Å². The van der Waals surface area contributed by atoms with Gasteiger partial charge in [0.05, 0.1) is 20.3 Å². The number of methoxy groups -OCH3 is 1. The lowest BCUT2D eigenvalue weighted by molar-refractivity contribution is -0.144. The van der Waals surface area contributed by atoms with Crippen molar-refractivity contribution in [2.45, 2.75) is 13.5 Å². The van der Waals surface area contributed by atoms with Crippen LogP contribution in [0.4, 0.5) is 0 Å². The largest absolute Gasteiger partial charge is 0.497 e. The fourth-order valence-corrected chi connectivity index (χ4v) is 1.53. The molecular weight excluding hydrogens is 218 g/mol. The molecule has 1 aromatic rings. The summed E-state index contributed by atoms with van der Waals surface area (Å²) in [6, 6.07) is 7.79. The van der Waals surface area contributed by atoms with Gasteiger partial charge < -0.3 is 9.47 Å². The molecule has 0 heterocycles. The normalized spacial score (nSPS) is 10.4. The van der Waals surface area contributed by atoms with Gasteiger partial charge >= 0.3 is 5.97 Å². The first-order valence-electron chi connectivity index (χ1n) is 5.62. The molecular formula is C13H19NO3. The molecule has 0 saturated heterocycles. The molecule has 0 aliphatic heterocycles. The highest BCUT2D eigenvalue weighted by molar-refractivity contribution is 5.71. The summed E-state index contributed by atoms with van der Waals surface area (Å²) in [6.45, 7) is 3.25. The maximum atomic E-state index is 11.3. The Hall–Kier alpha value is -1.55. The van der Waals surface area contributed by atoms with Crippen LogP contribution < -0.4 is 4.74 Å². The first-order chi connectivity index (χ1) is 8.15. The molecule has 4 heteroatoms. The van der Waals surface area contributed by atoms with Crippen LogP contribution in [-0.4, -0.2) is 38.2 Å². The maximum absolute atomic E-state index is 11.3. The van der Waals surface area contributed by atoms with E-state index in [2.05, 4.69) is 0 Å². The Morgan fingerprint density at radius 1 is 1.29 bits per heavy atom. The van der Waals surface area contributed by atoms with Gasteiger partial charge in [-0.2, -0.15) is 0 Å². The number of likely N-dealkylation sites (N-methyl/N-ethyl adjacent to an activating group) is 1. The molecule has 0 unspecified atom stereocenters. The van der Waals surface area contributed by atoms with Crippen molar-refractivity contribution >= 4 is 5.97 Å². The van der Waals surface area contributed by atoms with E-state index in [0.717, 1.165) is 11.3 Å². The molecule has 4 nitrogen and oxygen atoms in total. The van der Waals surface area contributed by atoms with E-state index in [0.29, 0.717) is 19.7 Å². The standard InChI is InChI=1S/C13H19NO3/c1-4-17-13(15)10-14(2)9-11-5-7-12(16-3)8-6-11/h5-8H,4,9-10H2,1-3H3. The number of carbonyl (C=O) groups is 1. The molecule has 1 aromatic carbocycles. The zero-order valence-corrected chi connectivity index (χ0v) is 10.6. The lowest BCUT2D eigenvalue weighted by Crippen LogP contribution is -2.26. The molecule has 0 aliphatic rings. The van der Waals surface area contributed by atoms with E-state index in [1.807, 2.05) is 36.2 Å². The van der Waals surface area contributed by atoms with Gasteiger partial charge in [-0.3, -0.25) is 9.69 Å². The number of ether oxygens (including phenoxy) is 2. The number of benzene rings is 1. The minimum Gasteiger partial charge on any atom is -0.497 e. The summed E-state index contributed by atoms with van der Waals surface area (Å²) < 4.78 is 9.97. The smallest absolute Gasteiger partial charge is 0.320 e. The van der Waals surface area contributed by atoms with Crippen LogP contribution in [0.1, 0.15) is 12.5 Å². The summed E-state index contributed by atoms with van der Waals surface area (Å²) in [6.07, 6.45) is 0. The molecule has 0 saturated carbocycles. The van der Waals surface area contributed by atoms with Crippen molar-refractivity contribution in [2.24, 2.45) is 0 Å². The predicted octanol–water partition coefficient (Wildman–Crippen LogP) is 1.69. The number of hydrogen-bond acceptors (Lipinski definition) is 4. The monoisotopic (exact) mass is 237 g/mol. The molecule has 0 bridgehead atoms. The SMILES string of the molecule is CCOC(=O)CN(C)Cc1ccc(OC)cc1. The van der Waals surface area contributed by atoms with Crippen molar-refractivity contribution in [1.29, 1.82) is 0 Å². The molecule has 17 heavy (non-hydrogen) atoms. The average Bonchev–Trinajstić information content (AvgIpc) is 2.30. The second kappa shape index (κ2) is 6.91. The zero-order chi connectivity index (χ0) is 12.7. The Morgan fingerprint density at radius 2 is 1.94 bits per heavy atom. The van der Waals surface area contributed by atoms with Crippen LogP contribution in [0.25, 0.3) is 0 Å². The second-order valence-electron chi connectivity index (χ2n) is 3.83. The van der Waals surface area contributed by atoms with E-state index in [4.69, 9.17) is 9.47 Å². The summed E-state index contributed by atoms with van der Waals surface area (Å²) in [5.74, 6) is 0.644. The third-order valence-electron chi connectivity index (χ3n) is 2.32. The Balaban J connectivity index is 2.44. The number of esters is 1. The van der Waals surface area contributed by atoms with Crippen LogP contribution in [0.2, 0.25) is 0 Å². The van der Waals surface area contributed by atoms with Crippen molar-refractivity contribution in [3.8, 4) is 5.75 Å². The van der Waals surface area contributed by atoms with Crippen LogP contribution in [0.5, 0.6) is 5.75 Å². The maximum Gasteiger partial charge on any atom is 0.320 e. The van der Waals surface area contributed by atoms with Gasteiger partial charge in [-0.15, -0.1) is 0 Å². The Kier molecular flexibility index (Phi) is 5.49. The van der Waals surface area contributed by atoms with E-state index < -0.39 is 0 Å². The first-order valence-corrected chi connectivity index (χ1v) is 5.62. The topological polar surface area (TPSA) is 38.8 Å². The zero-order valence-electron chi connectivity index (χ0n) is 10.6. The van der Waals surface area contributed by atoms with E-state index in [-0.39, 0.29) is 5.97 Å². The molecule has 0 atom stereocenters. The lowest BCUT2D eigenvalue weighted by Gasteiger charge is -2.15.